The summed E-state index contributed by atoms with van der Waals surface area (Å²) in [7, 11) is 0. The molecule has 0 radical (unpaired) electrons. The van der Waals surface area contributed by atoms with Crippen molar-refractivity contribution in [2.45, 2.75) is 6.92 Å². The van der Waals surface area contributed by atoms with Crippen LogP contribution in [-0.4, -0.2) is 22.7 Å². The average molecular weight is 194 g/mol. The lowest BCUT2D eigenvalue weighted by Crippen LogP contribution is -2.25. The van der Waals surface area contributed by atoms with Crippen molar-refractivity contribution >= 4 is 11.6 Å². The maximum absolute atomic E-state index is 11.3. The number of carbonyl (C=O) groups is 1. The second-order valence-corrected chi connectivity index (χ2v) is 2.53. The van der Waals surface area contributed by atoms with Crippen LogP contribution in [0.25, 0.3) is 0 Å². The highest BCUT2D eigenvalue weighted by atomic mass is 16.6. The first kappa shape index (κ1) is 10.1. The van der Waals surface area contributed by atoms with Crippen LogP contribution in [0.5, 0.6) is 0 Å². The fourth-order valence-corrected chi connectivity index (χ4v) is 0.803. The molecule has 1 heterocycles. The summed E-state index contributed by atoms with van der Waals surface area (Å²) >= 11 is 0. The third-order valence-corrected chi connectivity index (χ3v) is 1.53. The van der Waals surface area contributed by atoms with Crippen molar-refractivity contribution < 1.29 is 9.63 Å². The fourth-order valence-electron chi connectivity index (χ4n) is 0.803. The predicted octanol–water partition coefficient (Wildman–Crippen LogP) is -0.405. The van der Waals surface area contributed by atoms with E-state index in [1.165, 1.54) is 0 Å². The molecule has 6 nitrogen and oxygen atoms in total. The molecule has 6 heteroatoms. The van der Waals surface area contributed by atoms with Gasteiger partial charge < -0.3 is 5.73 Å². The summed E-state index contributed by atoms with van der Waals surface area (Å²) in [6.07, 6.45) is 4.91. The number of nitrogens with zero attached hydrogens (tertiary/aromatic N) is 1. The first-order valence-corrected chi connectivity index (χ1v) is 3.83. The van der Waals surface area contributed by atoms with E-state index in [0.29, 0.717) is 11.4 Å². The Bertz CT molecular complexity index is 377. The smallest absolute Gasteiger partial charge is 0.297 e. The van der Waals surface area contributed by atoms with E-state index >= 15 is 0 Å². The molecule has 1 aromatic rings. The number of terminal acetylenes is 1. The minimum Gasteiger partial charge on any atom is -0.395 e. The SMILES string of the molecule is C#CCONC(=O)c1n[nH]c(C)c1N. The van der Waals surface area contributed by atoms with E-state index in [-0.39, 0.29) is 12.3 Å². The number of aromatic amines is 1. The van der Waals surface area contributed by atoms with Crippen LogP contribution >= 0.6 is 0 Å². The molecule has 4 N–H and O–H groups in total. The van der Waals surface area contributed by atoms with Crippen molar-refractivity contribution in [1.82, 2.24) is 15.7 Å². The van der Waals surface area contributed by atoms with Crippen molar-refractivity contribution in [1.29, 1.82) is 0 Å². The molecular weight excluding hydrogens is 184 g/mol. The van der Waals surface area contributed by atoms with Gasteiger partial charge >= 0.3 is 0 Å². The molecule has 0 aliphatic rings. The number of carbonyl (C=O) groups excluding carboxylic acids is 1. The van der Waals surface area contributed by atoms with Gasteiger partial charge in [0.15, 0.2) is 5.69 Å². The topological polar surface area (TPSA) is 93.0 Å². The molecule has 0 saturated heterocycles. The standard InChI is InChI=1S/C8H10N4O2/c1-3-4-14-12-8(13)7-6(9)5(2)10-11-7/h1H,4,9H2,2H3,(H,10,11)(H,12,13). The average Bonchev–Trinajstić information content (AvgIpc) is 2.48. The molecular formula is C8H10N4O2. The lowest BCUT2D eigenvalue weighted by Gasteiger charge is -2.00. The molecule has 1 amide bonds. The Morgan fingerprint density at radius 1 is 1.86 bits per heavy atom. The van der Waals surface area contributed by atoms with Gasteiger partial charge in [-0.25, -0.2) is 5.48 Å². The van der Waals surface area contributed by atoms with Crippen LogP contribution in [0.4, 0.5) is 5.69 Å². The highest BCUT2D eigenvalue weighted by Crippen LogP contribution is 2.11. The van der Waals surface area contributed by atoms with Crippen LogP contribution in [0, 0.1) is 19.3 Å². The minimum atomic E-state index is -0.526. The Morgan fingerprint density at radius 3 is 3.07 bits per heavy atom. The van der Waals surface area contributed by atoms with E-state index in [2.05, 4.69) is 26.4 Å². The summed E-state index contributed by atoms with van der Waals surface area (Å²) in [6, 6.07) is 0. The van der Waals surface area contributed by atoms with Gasteiger partial charge in [0, 0.05) is 0 Å². The summed E-state index contributed by atoms with van der Waals surface area (Å²) in [5.74, 6) is 1.67. The summed E-state index contributed by atoms with van der Waals surface area (Å²) < 4.78 is 0. The third kappa shape index (κ3) is 2.02. The zero-order chi connectivity index (χ0) is 10.6. The first-order chi connectivity index (χ1) is 6.66. The molecule has 0 atom stereocenters. The van der Waals surface area contributed by atoms with Crippen molar-refractivity contribution in [3.63, 3.8) is 0 Å². The predicted molar refractivity (Wildman–Crippen MR) is 50.0 cm³/mol. The lowest BCUT2D eigenvalue weighted by molar-refractivity contribution is 0.0434. The Hall–Kier alpha value is -2.00. The first-order valence-electron chi connectivity index (χ1n) is 3.83. The van der Waals surface area contributed by atoms with Crippen LogP contribution in [0.15, 0.2) is 0 Å². The maximum atomic E-state index is 11.3. The minimum absolute atomic E-state index is 0.00491. The zero-order valence-corrected chi connectivity index (χ0v) is 7.63. The van der Waals surface area contributed by atoms with Crippen molar-refractivity contribution in [3.8, 4) is 12.3 Å². The maximum Gasteiger partial charge on any atom is 0.297 e. The molecule has 0 spiro atoms. The number of anilines is 1. The third-order valence-electron chi connectivity index (χ3n) is 1.53. The lowest BCUT2D eigenvalue weighted by atomic mass is 10.3. The van der Waals surface area contributed by atoms with E-state index < -0.39 is 5.91 Å². The molecule has 0 aliphatic carbocycles. The fraction of sp³-hybridized carbons (Fsp3) is 0.250. The number of nitrogen functional groups attached to an aromatic ring is 1. The zero-order valence-electron chi connectivity index (χ0n) is 7.63. The van der Waals surface area contributed by atoms with Crippen molar-refractivity contribution in [2.24, 2.45) is 0 Å². The van der Waals surface area contributed by atoms with Gasteiger partial charge in [0.2, 0.25) is 0 Å². The van der Waals surface area contributed by atoms with Gasteiger partial charge in [0.25, 0.3) is 5.91 Å². The molecule has 1 rings (SSSR count). The summed E-state index contributed by atoms with van der Waals surface area (Å²) in [5.41, 5.74) is 8.69. The molecule has 1 aromatic heterocycles. The summed E-state index contributed by atoms with van der Waals surface area (Å²) in [5, 5.41) is 6.28. The number of aryl methyl sites for hydroxylation is 1. The van der Waals surface area contributed by atoms with Gasteiger partial charge in [-0.05, 0) is 6.92 Å². The molecule has 14 heavy (non-hydrogen) atoms. The second kappa shape index (κ2) is 4.30. The van der Waals surface area contributed by atoms with Gasteiger partial charge in [-0.15, -0.1) is 6.42 Å². The number of amides is 1. The van der Waals surface area contributed by atoms with Crippen LogP contribution < -0.4 is 11.2 Å². The molecule has 0 saturated carbocycles. The Kier molecular flexibility index (Phi) is 3.09. The number of nitrogens with one attached hydrogen (secondary N) is 2. The van der Waals surface area contributed by atoms with E-state index in [0.717, 1.165) is 0 Å². The van der Waals surface area contributed by atoms with Crippen molar-refractivity contribution in [2.75, 3.05) is 12.3 Å². The quantitative estimate of drug-likeness (QED) is 0.346. The van der Waals surface area contributed by atoms with Gasteiger partial charge in [0.05, 0.1) is 11.4 Å². The summed E-state index contributed by atoms with van der Waals surface area (Å²) in [6.45, 7) is 1.70. The number of H-pyrrole nitrogens is 1. The second-order valence-electron chi connectivity index (χ2n) is 2.53. The van der Waals surface area contributed by atoms with E-state index in [1.807, 2.05) is 0 Å². The number of aromatic nitrogens is 2. The van der Waals surface area contributed by atoms with Gasteiger partial charge in [-0.1, -0.05) is 5.92 Å². The van der Waals surface area contributed by atoms with Gasteiger partial charge in [-0.3, -0.25) is 14.7 Å². The monoisotopic (exact) mass is 194 g/mol. The number of rotatable bonds is 3. The highest BCUT2D eigenvalue weighted by Gasteiger charge is 2.14. The van der Waals surface area contributed by atoms with Gasteiger partial charge in [0.1, 0.15) is 6.61 Å². The Morgan fingerprint density at radius 2 is 2.57 bits per heavy atom. The number of hydrogen-bond donors (Lipinski definition) is 3. The van der Waals surface area contributed by atoms with Crippen molar-refractivity contribution in [3.05, 3.63) is 11.4 Å². The molecule has 0 aliphatic heterocycles. The summed E-state index contributed by atoms with van der Waals surface area (Å²) in [4.78, 5) is 15.9. The van der Waals surface area contributed by atoms with Gasteiger partial charge in [-0.2, -0.15) is 5.10 Å². The number of hydrogen-bond acceptors (Lipinski definition) is 4. The Labute approximate surface area is 80.8 Å². The van der Waals surface area contributed by atoms with Crippen LogP contribution in [0.2, 0.25) is 0 Å². The number of nitrogens with two attached hydrogens (primary N) is 1. The molecule has 74 valence electrons. The number of hydroxylamine groups is 1. The molecule has 0 fully saturated rings. The molecule has 0 unspecified atom stereocenters. The van der Waals surface area contributed by atoms with Crippen LogP contribution in [0.1, 0.15) is 16.2 Å². The Balaban J connectivity index is 2.62. The van der Waals surface area contributed by atoms with E-state index in [4.69, 9.17) is 12.2 Å². The van der Waals surface area contributed by atoms with Crippen LogP contribution in [0.3, 0.4) is 0 Å². The largest absolute Gasteiger partial charge is 0.395 e. The molecule has 0 aromatic carbocycles. The van der Waals surface area contributed by atoms with E-state index in [9.17, 15) is 4.79 Å². The van der Waals surface area contributed by atoms with E-state index in [1.54, 1.807) is 6.92 Å². The van der Waals surface area contributed by atoms with Crippen LogP contribution in [-0.2, 0) is 4.84 Å². The normalized spacial score (nSPS) is 9.43. The highest BCUT2D eigenvalue weighted by molar-refractivity contribution is 5.96. The molecule has 0 bridgehead atoms.